The van der Waals surface area contributed by atoms with Crippen LogP contribution < -0.4 is 5.32 Å². The van der Waals surface area contributed by atoms with Crippen LogP contribution in [0.25, 0.3) is 0 Å². The van der Waals surface area contributed by atoms with Gasteiger partial charge in [0.1, 0.15) is 11.4 Å². The van der Waals surface area contributed by atoms with Crippen molar-refractivity contribution >= 4 is 11.8 Å². The van der Waals surface area contributed by atoms with Gasteiger partial charge in [0.15, 0.2) is 0 Å². The molecule has 17 heavy (non-hydrogen) atoms. The van der Waals surface area contributed by atoms with Gasteiger partial charge in [-0.3, -0.25) is 0 Å². The minimum absolute atomic E-state index is 0.907. The summed E-state index contributed by atoms with van der Waals surface area (Å²) in [5, 5.41) is 4.14. The van der Waals surface area contributed by atoms with Crippen molar-refractivity contribution in [1.82, 2.24) is 15.3 Å². The van der Waals surface area contributed by atoms with Gasteiger partial charge in [0.25, 0.3) is 0 Å². The van der Waals surface area contributed by atoms with Gasteiger partial charge in [0.05, 0.1) is 0 Å². The Bertz CT molecular complexity index is 485. The lowest BCUT2D eigenvalue weighted by Crippen LogP contribution is -2.06. The molecule has 0 unspecified atom stereocenters. The minimum Gasteiger partial charge on any atom is -0.316 e. The van der Waals surface area contributed by atoms with E-state index < -0.39 is 0 Å². The number of aromatic nitrogens is 2. The zero-order chi connectivity index (χ0) is 12.1. The molecule has 0 saturated carbocycles. The average molecular weight is 245 g/mol. The van der Waals surface area contributed by atoms with Crippen molar-refractivity contribution in [2.45, 2.75) is 23.4 Å². The molecule has 0 aliphatic rings. The van der Waals surface area contributed by atoms with Crippen molar-refractivity contribution in [1.29, 1.82) is 0 Å². The molecule has 0 spiro atoms. The lowest BCUT2D eigenvalue weighted by atomic mass is 10.1. The van der Waals surface area contributed by atoms with Crippen LogP contribution in [0.15, 0.2) is 46.7 Å². The van der Waals surface area contributed by atoms with Crippen molar-refractivity contribution in [2.24, 2.45) is 0 Å². The molecule has 1 aromatic heterocycles. The highest BCUT2D eigenvalue weighted by molar-refractivity contribution is 7.99. The monoisotopic (exact) mass is 245 g/mol. The molecular weight excluding hydrogens is 230 g/mol. The molecule has 0 atom stereocenters. The molecule has 0 aliphatic heterocycles. The van der Waals surface area contributed by atoms with Crippen LogP contribution in [0.4, 0.5) is 0 Å². The molecule has 1 N–H and O–H groups in total. The van der Waals surface area contributed by atoms with Gasteiger partial charge in [-0.15, -0.1) is 0 Å². The summed E-state index contributed by atoms with van der Waals surface area (Å²) < 4.78 is 0. The number of hydrogen-bond acceptors (Lipinski definition) is 4. The maximum Gasteiger partial charge on any atom is 0.116 e. The van der Waals surface area contributed by atoms with Crippen LogP contribution in [0, 0.1) is 6.92 Å². The Hall–Kier alpha value is -1.39. The highest BCUT2D eigenvalue weighted by atomic mass is 32.2. The summed E-state index contributed by atoms with van der Waals surface area (Å²) in [6.07, 6.45) is 3.34. The quantitative estimate of drug-likeness (QED) is 0.840. The molecule has 0 fully saturated rings. The molecular formula is C13H15N3S. The smallest absolute Gasteiger partial charge is 0.116 e. The van der Waals surface area contributed by atoms with E-state index in [4.69, 9.17) is 0 Å². The first kappa shape index (κ1) is 12.1. The predicted octanol–water partition coefficient (Wildman–Crippen LogP) is 2.66. The van der Waals surface area contributed by atoms with Gasteiger partial charge >= 0.3 is 0 Å². The van der Waals surface area contributed by atoms with Crippen LogP contribution in [0.1, 0.15) is 11.1 Å². The first-order chi connectivity index (χ1) is 8.29. The molecule has 0 amide bonds. The number of nitrogens with zero attached hydrogens (tertiary/aromatic N) is 2. The van der Waals surface area contributed by atoms with Gasteiger partial charge < -0.3 is 5.32 Å². The summed E-state index contributed by atoms with van der Waals surface area (Å²) in [6.45, 7) is 3.04. The fraction of sp³-hybridized carbons (Fsp3) is 0.231. The van der Waals surface area contributed by atoms with Gasteiger partial charge in [-0.1, -0.05) is 17.8 Å². The Balaban J connectivity index is 2.15. The largest absolute Gasteiger partial charge is 0.316 e. The third-order valence-corrected chi connectivity index (χ3v) is 3.40. The lowest BCUT2D eigenvalue weighted by Gasteiger charge is -2.07. The summed E-state index contributed by atoms with van der Waals surface area (Å²) in [5.74, 6) is 0. The van der Waals surface area contributed by atoms with Crippen molar-refractivity contribution in [2.75, 3.05) is 7.05 Å². The molecule has 2 aromatic rings. The molecule has 4 heteroatoms. The molecule has 2 rings (SSSR count). The van der Waals surface area contributed by atoms with Crippen LogP contribution in [0.2, 0.25) is 0 Å². The Kier molecular flexibility index (Phi) is 4.12. The van der Waals surface area contributed by atoms with Crippen LogP contribution in [0.3, 0.4) is 0 Å². The van der Waals surface area contributed by atoms with Crippen molar-refractivity contribution in [3.8, 4) is 0 Å². The Morgan fingerprint density at radius 1 is 1.29 bits per heavy atom. The maximum atomic E-state index is 4.20. The van der Waals surface area contributed by atoms with Crippen LogP contribution in [-0.4, -0.2) is 17.0 Å². The van der Waals surface area contributed by atoms with E-state index in [1.807, 2.05) is 13.1 Å². The number of aryl methyl sites for hydroxylation is 1. The third-order valence-electron chi connectivity index (χ3n) is 2.46. The number of rotatable bonds is 4. The van der Waals surface area contributed by atoms with E-state index in [-0.39, 0.29) is 0 Å². The van der Waals surface area contributed by atoms with E-state index in [0.717, 1.165) is 11.6 Å². The van der Waals surface area contributed by atoms with E-state index in [2.05, 4.69) is 40.4 Å². The predicted molar refractivity (Wildman–Crippen MR) is 70.1 cm³/mol. The fourth-order valence-corrected chi connectivity index (χ4v) is 2.42. The molecule has 0 bridgehead atoms. The zero-order valence-corrected chi connectivity index (χ0v) is 10.8. The van der Waals surface area contributed by atoms with E-state index in [1.165, 1.54) is 16.0 Å². The highest BCUT2D eigenvalue weighted by Crippen LogP contribution is 2.27. The number of hydrogen-bond donors (Lipinski definition) is 1. The van der Waals surface area contributed by atoms with Gasteiger partial charge in [-0.05, 0) is 43.3 Å². The van der Waals surface area contributed by atoms with Crippen LogP contribution >= 0.6 is 11.8 Å². The Morgan fingerprint density at radius 3 is 2.82 bits per heavy atom. The number of nitrogens with one attached hydrogen (secondary N) is 1. The second-order valence-electron chi connectivity index (χ2n) is 3.77. The van der Waals surface area contributed by atoms with E-state index in [1.54, 1.807) is 24.3 Å². The summed E-state index contributed by atoms with van der Waals surface area (Å²) in [5.41, 5.74) is 2.64. The first-order valence-corrected chi connectivity index (χ1v) is 6.29. The van der Waals surface area contributed by atoms with E-state index in [0.29, 0.717) is 0 Å². The van der Waals surface area contributed by atoms with Gasteiger partial charge in [-0.2, -0.15) is 0 Å². The average Bonchev–Trinajstić information content (AvgIpc) is 2.34. The van der Waals surface area contributed by atoms with Crippen LogP contribution in [0.5, 0.6) is 0 Å². The van der Waals surface area contributed by atoms with Gasteiger partial charge in [-0.25, -0.2) is 9.97 Å². The molecule has 88 valence electrons. The summed E-state index contributed by atoms with van der Waals surface area (Å²) >= 11 is 1.66. The second-order valence-corrected chi connectivity index (χ2v) is 4.86. The highest BCUT2D eigenvalue weighted by Gasteiger charge is 2.02. The lowest BCUT2D eigenvalue weighted by molar-refractivity contribution is 0.811. The van der Waals surface area contributed by atoms with E-state index in [9.17, 15) is 0 Å². The minimum atomic E-state index is 0.907. The van der Waals surface area contributed by atoms with Crippen molar-refractivity contribution in [3.05, 3.63) is 47.9 Å². The van der Waals surface area contributed by atoms with Gasteiger partial charge in [0.2, 0.25) is 0 Å². The van der Waals surface area contributed by atoms with Crippen molar-refractivity contribution in [3.63, 3.8) is 0 Å². The van der Waals surface area contributed by atoms with E-state index >= 15 is 0 Å². The molecule has 0 radical (unpaired) electrons. The fourth-order valence-electron chi connectivity index (χ4n) is 1.58. The zero-order valence-electron chi connectivity index (χ0n) is 9.97. The Labute approximate surface area is 106 Å². The molecule has 3 nitrogen and oxygen atoms in total. The Morgan fingerprint density at radius 2 is 2.18 bits per heavy atom. The third kappa shape index (κ3) is 3.28. The first-order valence-electron chi connectivity index (χ1n) is 5.47. The second kappa shape index (κ2) is 5.80. The molecule has 1 aromatic carbocycles. The normalized spacial score (nSPS) is 10.5. The summed E-state index contributed by atoms with van der Waals surface area (Å²) in [6, 6.07) is 8.41. The summed E-state index contributed by atoms with van der Waals surface area (Å²) in [4.78, 5) is 9.32. The van der Waals surface area contributed by atoms with Crippen molar-refractivity contribution < 1.29 is 0 Å². The van der Waals surface area contributed by atoms with Crippen LogP contribution in [-0.2, 0) is 6.54 Å². The molecule has 0 saturated heterocycles. The molecule has 1 heterocycles. The topological polar surface area (TPSA) is 37.8 Å². The molecule has 0 aliphatic carbocycles. The number of benzene rings is 1. The maximum absolute atomic E-state index is 4.20. The SMILES string of the molecule is CNCc1ccc(Sc2ccncn2)cc1C. The standard InChI is InChI=1S/C13H15N3S/c1-10-7-12(4-3-11(10)8-14-2)17-13-5-6-15-9-16-13/h3-7,9,14H,8H2,1-2H3. The summed E-state index contributed by atoms with van der Waals surface area (Å²) in [7, 11) is 1.96. The van der Waals surface area contributed by atoms with Gasteiger partial charge in [0, 0.05) is 17.6 Å².